The summed E-state index contributed by atoms with van der Waals surface area (Å²) in [7, 11) is 0. The van der Waals surface area contributed by atoms with Gasteiger partial charge in [-0.05, 0) is 49.4 Å². The van der Waals surface area contributed by atoms with Gasteiger partial charge in [-0.1, -0.05) is 0 Å². The molecule has 2 amide bonds. The fourth-order valence-corrected chi connectivity index (χ4v) is 3.30. The normalized spacial score (nSPS) is 13.5. The van der Waals surface area contributed by atoms with Crippen LogP contribution in [0.1, 0.15) is 23.7 Å². The monoisotopic (exact) mass is 342 g/mol. The maximum Gasteiger partial charge on any atom is 0.255 e. The SMILES string of the molecule is CCOc1ccc(NC(=O)c2ccc3c(c2)NC(=O)CCS3)cc1. The van der Waals surface area contributed by atoms with E-state index in [1.807, 2.05) is 25.1 Å². The highest BCUT2D eigenvalue weighted by molar-refractivity contribution is 7.99. The third kappa shape index (κ3) is 3.89. The summed E-state index contributed by atoms with van der Waals surface area (Å²) in [5.74, 6) is 1.27. The van der Waals surface area contributed by atoms with Gasteiger partial charge in [-0.3, -0.25) is 9.59 Å². The van der Waals surface area contributed by atoms with Crippen molar-refractivity contribution in [3.8, 4) is 5.75 Å². The van der Waals surface area contributed by atoms with Gasteiger partial charge in [-0.25, -0.2) is 0 Å². The highest BCUT2D eigenvalue weighted by atomic mass is 32.2. The summed E-state index contributed by atoms with van der Waals surface area (Å²) in [5, 5.41) is 5.69. The summed E-state index contributed by atoms with van der Waals surface area (Å²) in [6, 6.07) is 12.6. The number of amides is 2. The van der Waals surface area contributed by atoms with Crippen molar-refractivity contribution in [2.45, 2.75) is 18.2 Å². The molecular formula is C18H18N2O3S. The Morgan fingerprint density at radius 2 is 2.04 bits per heavy atom. The Labute approximate surface area is 144 Å². The van der Waals surface area contributed by atoms with Crippen molar-refractivity contribution >= 4 is 35.0 Å². The highest BCUT2D eigenvalue weighted by Gasteiger charge is 2.15. The van der Waals surface area contributed by atoms with Gasteiger partial charge in [-0.2, -0.15) is 0 Å². The number of rotatable bonds is 4. The van der Waals surface area contributed by atoms with Crippen LogP contribution in [0.4, 0.5) is 11.4 Å². The number of benzene rings is 2. The van der Waals surface area contributed by atoms with Gasteiger partial charge >= 0.3 is 0 Å². The van der Waals surface area contributed by atoms with E-state index in [0.29, 0.717) is 30.0 Å². The number of hydrogen-bond donors (Lipinski definition) is 2. The van der Waals surface area contributed by atoms with Gasteiger partial charge < -0.3 is 15.4 Å². The van der Waals surface area contributed by atoms with Gasteiger partial charge in [0.2, 0.25) is 5.91 Å². The molecule has 2 N–H and O–H groups in total. The lowest BCUT2D eigenvalue weighted by Gasteiger charge is -2.10. The van der Waals surface area contributed by atoms with Crippen molar-refractivity contribution in [1.29, 1.82) is 0 Å². The van der Waals surface area contributed by atoms with Crippen molar-refractivity contribution < 1.29 is 14.3 Å². The molecule has 6 heteroatoms. The summed E-state index contributed by atoms with van der Waals surface area (Å²) in [6.07, 6.45) is 0.479. The van der Waals surface area contributed by atoms with E-state index in [1.54, 1.807) is 36.0 Å². The van der Waals surface area contributed by atoms with Gasteiger partial charge in [-0.15, -0.1) is 11.8 Å². The largest absolute Gasteiger partial charge is 0.494 e. The molecule has 1 heterocycles. The zero-order valence-electron chi connectivity index (χ0n) is 13.3. The van der Waals surface area contributed by atoms with Gasteiger partial charge in [0, 0.05) is 28.3 Å². The summed E-state index contributed by atoms with van der Waals surface area (Å²) in [5.41, 5.74) is 1.89. The Bertz CT molecular complexity index is 759. The molecule has 0 aliphatic carbocycles. The molecule has 24 heavy (non-hydrogen) atoms. The van der Waals surface area contributed by atoms with Crippen LogP contribution in [-0.2, 0) is 4.79 Å². The lowest BCUT2D eigenvalue weighted by Crippen LogP contribution is -2.14. The van der Waals surface area contributed by atoms with Crippen LogP contribution in [-0.4, -0.2) is 24.2 Å². The first-order chi connectivity index (χ1) is 11.7. The molecule has 0 spiro atoms. The molecule has 0 radical (unpaired) electrons. The summed E-state index contributed by atoms with van der Waals surface area (Å²) in [4.78, 5) is 25.1. The quantitative estimate of drug-likeness (QED) is 0.887. The first kappa shape index (κ1) is 16.4. The second-order valence-corrected chi connectivity index (χ2v) is 6.41. The fraction of sp³-hybridized carbons (Fsp3) is 0.222. The van der Waals surface area contributed by atoms with E-state index in [0.717, 1.165) is 16.4 Å². The molecule has 2 aromatic rings. The number of anilines is 2. The Hall–Kier alpha value is -2.47. The summed E-state index contributed by atoms with van der Waals surface area (Å²) < 4.78 is 5.38. The van der Waals surface area contributed by atoms with Crippen molar-refractivity contribution in [1.82, 2.24) is 0 Å². The Kier molecular flexibility index (Phi) is 5.05. The molecule has 1 aliphatic heterocycles. The maximum absolute atomic E-state index is 12.4. The van der Waals surface area contributed by atoms with Gasteiger partial charge in [0.1, 0.15) is 5.75 Å². The molecule has 0 atom stereocenters. The summed E-state index contributed by atoms with van der Waals surface area (Å²) in [6.45, 7) is 2.52. The van der Waals surface area contributed by atoms with Crippen LogP contribution >= 0.6 is 11.8 Å². The standard InChI is InChI=1S/C18H18N2O3S/c1-2-23-14-6-4-13(5-7-14)19-18(22)12-3-8-16-15(11-12)20-17(21)9-10-24-16/h3-8,11H,2,9-10H2,1H3,(H,19,22)(H,20,21). The number of nitrogens with one attached hydrogen (secondary N) is 2. The van der Waals surface area contributed by atoms with E-state index >= 15 is 0 Å². The lowest BCUT2D eigenvalue weighted by atomic mass is 10.1. The molecule has 2 aromatic carbocycles. The zero-order valence-corrected chi connectivity index (χ0v) is 14.1. The molecule has 0 aromatic heterocycles. The van der Waals surface area contributed by atoms with Crippen molar-refractivity contribution in [3.05, 3.63) is 48.0 Å². The third-order valence-electron chi connectivity index (χ3n) is 3.53. The number of fused-ring (bicyclic) bond motifs is 1. The van der Waals surface area contributed by atoms with Gasteiger partial charge in [0.25, 0.3) is 5.91 Å². The molecule has 0 saturated carbocycles. The van der Waals surface area contributed by atoms with Gasteiger partial charge in [0.15, 0.2) is 0 Å². The molecule has 5 nitrogen and oxygen atoms in total. The lowest BCUT2D eigenvalue weighted by molar-refractivity contribution is -0.115. The molecule has 3 rings (SSSR count). The summed E-state index contributed by atoms with van der Waals surface area (Å²) >= 11 is 1.61. The van der Waals surface area contributed by atoms with E-state index in [-0.39, 0.29) is 11.8 Å². The van der Waals surface area contributed by atoms with Crippen LogP contribution in [0.25, 0.3) is 0 Å². The van der Waals surface area contributed by atoms with Crippen LogP contribution < -0.4 is 15.4 Å². The second kappa shape index (κ2) is 7.40. The van der Waals surface area contributed by atoms with Crippen molar-refractivity contribution in [3.63, 3.8) is 0 Å². The first-order valence-electron chi connectivity index (χ1n) is 7.76. The second-order valence-electron chi connectivity index (χ2n) is 5.27. The Morgan fingerprint density at radius 1 is 1.25 bits per heavy atom. The molecule has 0 bridgehead atoms. The van der Waals surface area contributed by atoms with E-state index in [9.17, 15) is 9.59 Å². The maximum atomic E-state index is 12.4. The molecule has 0 unspecified atom stereocenters. The zero-order chi connectivity index (χ0) is 16.9. The number of thioether (sulfide) groups is 1. The number of carbonyl (C=O) groups excluding carboxylic acids is 2. The number of carbonyl (C=O) groups is 2. The first-order valence-corrected chi connectivity index (χ1v) is 8.75. The molecule has 124 valence electrons. The Balaban J connectivity index is 1.74. The van der Waals surface area contributed by atoms with E-state index < -0.39 is 0 Å². The van der Waals surface area contributed by atoms with Crippen LogP contribution in [0, 0.1) is 0 Å². The Morgan fingerprint density at radius 3 is 2.79 bits per heavy atom. The van der Waals surface area contributed by atoms with Crippen LogP contribution in [0.2, 0.25) is 0 Å². The van der Waals surface area contributed by atoms with Gasteiger partial charge in [0.05, 0.1) is 12.3 Å². The topological polar surface area (TPSA) is 67.4 Å². The van der Waals surface area contributed by atoms with Crippen LogP contribution in [0.3, 0.4) is 0 Å². The minimum atomic E-state index is -0.217. The average Bonchev–Trinajstić information content (AvgIpc) is 2.76. The average molecular weight is 342 g/mol. The third-order valence-corrected chi connectivity index (χ3v) is 4.60. The molecule has 0 saturated heterocycles. The molecular weight excluding hydrogens is 324 g/mol. The number of ether oxygens (including phenoxy) is 1. The minimum absolute atomic E-state index is 0.0229. The van der Waals surface area contributed by atoms with E-state index in [2.05, 4.69) is 10.6 Å². The van der Waals surface area contributed by atoms with Crippen molar-refractivity contribution in [2.75, 3.05) is 23.0 Å². The van der Waals surface area contributed by atoms with Crippen LogP contribution in [0.15, 0.2) is 47.4 Å². The molecule has 1 aliphatic rings. The smallest absolute Gasteiger partial charge is 0.255 e. The predicted molar refractivity (Wildman–Crippen MR) is 96.0 cm³/mol. The number of hydrogen-bond acceptors (Lipinski definition) is 4. The van der Waals surface area contributed by atoms with E-state index in [4.69, 9.17) is 4.74 Å². The van der Waals surface area contributed by atoms with Crippen molar-refractivity contribution in [2.24, 2.45) is 0 Å². The van der Waals surface area contributed by atoms with Crippen LogP contribution in [0.5, 0.6) is 5.75 Å². The fourth-order valence-electron chi connectivity index (χ4n) is 2.37. The van der Waals surface area contributed by atoms with E-state index in [1.165, 1.54) is 0 Å². The predicted octanol–water partition coefficient (Wildman–Crippen LogP) is 3.77. The molecule has 0 fully saturated rings. The minimum Gasteiger partial charge on any atom is -0.494 e. The highest BCUT2D eigenvalue weighted by Crippen LogP contribution is 2.31.